The second-order valence-electron chi connectivity index (χ2n) is 6.13. The molecule has 0 unspecified atom stereocenters. The van der Waals surface area contributed by atoms with Crippen molar-refractivity contribution in [3.8, 4) is 0 Å². The molecule has 0 aliphatic carbocycles. The van der Waals surface area contributed by atoms with E-state index in [0.717, 1.165) is 41.0 Å². The lowest BCUT2D eigenvalue weighted by Gasteiger charge is -2.15. The zero-order chi connectivity index (χ0) is 17.6. The summed E-state index contributed by atoms with van der Waals surface area (Å²) in [5.74, 6) is -0.633. The molecule has 0 atom stereocenters. The Morgan fingerprint density at radius 1 is 1.40 bits per heavy atom. The zero-order valence-corrected chi connectivity index (χ0v) is 14.5. The number of benzene rings is 1. The first-order valence-electron chi connectivity index (χ1n) is 8.02. The molecule has 3 aromatic rings. The zero-order valence-electron chi connectivity index (χ0n) is 13.6. The van der Waals surface area contributed by atoms with Crippen LogP contribution in [0.1, 0.15) is 26.5 Å². The molecule has 0 spiro atoms. The molecule has 128 valence electrons. The summed E-state index contributed by atoms with van der Waals surface area (Å²) in [5.41, 5.74) is 10.1. The number of aryl methyl sites for hydroxylation is 1. The minimum atomic E-state index is -0.333. The number of carbonyl (C=O) groups is 1. The predicted octanol–water partition coefficient (Wildman–Crippen LogP) is 3.22. The van der Waals surface area contributed by atoms with E-state index in [0.29, 0.717) is 21.8 Å². The largest absolute Gasteiger partial charge is 0.397 e. The van der Waals surface area contributed by atoms with Crippen molar-refractivity contribution in [3.63, 3.8) is 0 Å². The average molecular weight is 356 g/mol. The Bertz CT molecular complexity index is 998. The molecule has 0 radical (unpaired) electrons. The van der Waals surface area contributed by atoms with Crippen molar-refractivity contribution < 1.29 is 9.18 Å². The maximum absolute atomic E-state index is 13.2. The number of nitrogens with one attached hydrogen (secondary N) is 2. The molecule has 1 aliphatic heterocycles. The van der Waals surface area contributed by atoms with Crippen molar-refractivity contribution in [2.24, 2.45) is 0 Å². The van der Waals surface area contributed by atoms with Gasteiger partial charge in [-0.3, -0.25) is 4.79 Å². The van der Waals surface area contributed by atoms with Crippen molar-refractivity contribution in [3.05, 3.63) is 51.8 Å². The lowest BCUT2D eigenvalue weighted by atomic mass is 10.1. The average Bonchev–Trinajstić information content (AvgIpc) is 2.92. The fraction of sp³-hybridized carbons (Fsp3) is 0.222. The number of halogens is 1. The molecular weight excluding hydrogens is 339 g/mol. The van der Waals surface area contributed by atoms with Gasteiger partial charge in [0.2, 0.25) is 0 Å². The lowest BCUT2D eigenvalue weighted by Crippen LogP contribution is -2.24. The second kappa shape index (κ2) is 6.09. The van der Waals surface area contributed by atoms with E-state index < -0.39 is 0 Å². The number of aromatic nitrogens is 1. The van der Waals surface area contributed by atoms with Crippen LogP contribution in [0.5, 0.6) is 0 Å². The summed E-state index contributed by atoms with van der Waals surface area (Å²) >= 11 is 1.29. The Kier molecular flexibility index (Phi) is 3.89. The maximum atomic E-state index is 13.2. The number of hydrogen-bond donors (Lipinski definition) is 3. The molecule has 0 saturated carbocycles. The van der Waals surface area contributed by atoms with Gasteiger partial charge in [-0.2, -0.15) is 0 Å². The normalized spacial score (nSPS) is 13.7. The topological polar surface area (TPSA) is 80.0 Å². The highest BCUT2D eigenvalue weighted by atomic mass is 32.1. The van der Waals surface area contributed by atoms with E-state index in [9.17, 15) is 9.18 Å². The number of anilines is 2. The quantitative estimate of drug-likeness (QED) is 0.659. The third-order valence-electron chi connectivity index (χ3n) is 4.39. The van der Waals surface area contributed by atoms with Crippen LogP contribution in [-0.4, -0.2) is 17.4 Å². The highest BCUT2D eigenvalue weighted by Crippen LogP contribution is 2.35. The van der Waals surface area contributed by atoms with Crippen LogP contribution in [0.4, 0.5) is 15.8 Å². The molecule has 1 aromatic carbocycles. The first-order chi connectivity index (χ1) is 12.0. The minimum absolute atomic E-state index is 0.300. The van der Waals surface area contributed by atoms with Crippen LogP contribution in [0.15, 0.2) is 24.3 Å². The fourth-order valence-corrected chi connectivity index (χ4v) is 4.02. The first kappa shape index (κ1) is 16.0. The first-order valence-corrected chi connectivity index (χ1v) is 8.83. The van der Waals surface area contributed by atoms with Crippen molar-refractivity contribution in [1.82, 2.24) is 10.3 Å². The van der Waals surface area contributed by atoms with Gasteiger partial charge < -0.3 is 16.4 Å². The lowest BCUT2D eigenvalue weighted by molar-refractivity contribution is 0.103. The highest BCUT2D eigenvalue weighted by molar-refractivity contribution is 7.21. The van der Waals surface area contributed by atoms with Crippen molar-refractivity contribution in [1.29, 1.82) is 0 Å². The number of pyridine rings is 1. The predicted molar refractivity (Wildman–Crippen MR) is 98.5 cm³/mol. The molecule has 1 aliphatic rings. The van der Waals surface area contributed by atoms with Crippen molar-refractivity contribution in [2.45, 2.75) is 19.9 Å². The van der Waals surface area contributed by atoms with Gasteiger partial charge in [-0.05, 0) is 42.3 Å². The summed E-state index contributed by atoms with van der Waals surface area (Å²) in [5, 5.41) is 6.93. The standard InChI is InChI=1S/C18H17FN4OS/c1-9-6-11(19)2-3-13(9)22-17(24)16-15(20)12-7-10-8-21-5-4-14(10)23-18(12)25-16/h2-3,6-7,21H,4-5,8,20H2,1H3,(H,22,24). The Morgan fingerprint density at radius 2 is 2.24 bits per heavy atom. The summed E-state index contributed by atoms with van der Waals surface area (Å²) < 4.78 is 13.2. The van der Waals surface area contributed by atoms with E-state index in [1.807, 2.05) is 6.07 Å². The number of nitrogens with zero attached hydrogens (tertiary/aromatic N) is 1. The summed E-state index contributed by atoms with van der Waals surface area (Å²) in [6.07, 6.45) is 0.874. The molecule has 4 rings (SSSR count). The van der Waals surface area contributed by atoms with Crippen LogP contribution in [0, 0.1) is 12.7 Å². The third kappa shape index (κ3) is 2.85. The van der Waals surface area contributed by atoms with Gasteiger partial charge in [-0.15, -0.1) is 11.3 Å². The Labute approximate surface area is 148 Å². The Balaban J connectivity index is 1.70. The molecule has 5 nitrogen and oxygen atoms in total. The molecule has 1 amide bonds. The van der Waals surface area contributed by atoms with Gasteiger partial charge in [0.25, 0.3) is 5.91 Å². The van der Waals surface area contributed by atoms with Gasteiger partial charge in [0.15, 0.2) is 0 Å². The van der Waals surface area contributed by atoms with E-state index in [-0.39, 0.29) is 11.7 Å². The van der Waals surface area contributed by atoms with E-state index in [1.165, 1.54) is 23.5 Å². The molecule has 25 heavy (non-hydrogen) atoms. The van der Waals surface area contributed by atoms with Gasteiger partial charge in [0.05, 0.1) is 5.69 Å². The van der Waals surface area contributed by atoms with E-state index in [2.05, 4.69) is 15.6 Å². The molecular formula is C18H17FN4OS. The third-order valence-corrected chi connectivity index (χ3v) is 5.50. The number of fused-ring (bicyclic) bond motifs is 2. The fourth-order valence-electron chi connectivity index (χ4n) is 3.03. The van der Waals surface area contributed by atoms with Gasteiger partial charge >= 0.3 is 0 Å². The summed E-state index contributed by atoms with van der Waals surface area (Å²) in [6.45, 7) is 3.42. The van der Waals surface area contributed by atoms with Gasteiger partial charge in [-0.1, -0.05) is 0 Å². The number of hydrogen-bond acceptors (Lipinski definition) is 5. The summed E-state index contributed by atoms with van der Waals surface area (Å²) in [6, 6.07) is 6.27. The molecule has 0 saturated heterocycles. The number of thiophene rings is 1. The van der Waals surface area contributed by atoms with Crippen LogP contribution in [-0.2, 0) is 13.0 Å². The van der Waals surface area contributed by atoms with Gasteiger partial charge in [0.1, 0.15) is 15.5 Å². The SMILES string of the molecule is Cc1cc(F)ccc1NC(=O)c1sc2nc3c(cc2c1N)CNCC3. The Hall–Kier alpha value is -2.51. The highest BCUT2D eigenvalue weighted by Gasteiger charge is 2.20. The monoisotopic (exact) mass is 356 g/mol. The molecule has 4 N–H and O–H groups in total. The molecule has 0 fully saturated rings. The van der Waals surface area contributed by atoms with E-state index >= 15 is 0 Å². The number of nitrogen functional groups attached to an aromatic ring is 1. The van der Waals surface area contributed by atoms with Crippen molar-refractivity contribution in [2.75, 3.05) is 17.6 Å². The smallest absolute Gasteiger partial charge is 0.267 e. The van der Waals surface area contributed by atoms with Crippen LogP contribution in [0.25, 0.3) is 10.2 Å². The summed E-state index contributed by atoms with van der Waals surface area (Å²) in [4.78, 5) is 18.5. The number of rotatable bonds is 2. The van der Waals surface area contributed by atoms with Gasteiger partial charge in [-0.25, -0.2) is 9.37 Å². The van der Waals surface area contributed by atoms with Crippen LogP contribution < -0.4 is 16.4 Å². The number of carbonyl (C=O) groups excluding carboxylic acids is 1. The number of nitrogens with two attached hydrogens (primary N) is 1. The maximum Gasteiger partial charge on any atom is 0.267 e. The van der Waals surface area contributed by atoms with Crippen LogP contribution in [0.3, 0.4) is 0 Å². The number of amides is 1. The summed E-state index contributed by atoms with van der Waals surface area (Å²) in [7, 11) is 0. The molecule has 0 bridgehead atoms. The van der Waals surface area contributed by atoms with Crippen LogP contribution >= 0.6 is 11.3 Å². The van der Waals surface area contributed by atoms with Crippen LogP contribution in [0.2, 0.25) is 0 Å². The Morgan fingerprint density at radius 3 is 3.04 bits per heavy atom. The van der Waals surface area contributed by atoms with Crippen molar-refractivity contribution >= 4 is 38.8 Å². The molecule has 3 heterocycles. The van der Waals surface area contributed by atoms with E-state index in [4.69, 9.17) is 5.73 Å². The minimum Gasteiger partial charge on any atom is -0.397 e. The molecule has 7 heteroatoms. The van der Waals surface area contributed by atoms with Gasteiger partial charge in [0, 0.05) is 36.3 Å². The molecule has 2 aromatic heterocycles. The van der Waals surface area contributed by atoms with E-state index in [1.54, 1.807) is 13.0 Å². The second-order valence-corrected chi connectivity index (χ2v) is 7.13.